The van der Waals surface area contributed by atoms with Crippen molar-refractivity contribution >= 4 is 55.6 Å². The highest BCUT2D eigenvalue weighted by atomic mass is 16.3. The molecule has 2 aliphatic carbocycles. The third-order valence-electron chi connectivity index (χ3n) is 10.4. The van der Waals surface area contributed by atoms with Crippen molar-refractivity contribution in [3.63, 3.8) is 0 Å². The van der Waals surface area contributed by atoms with E-state index in [2.05, 4.69) is 77.4 Å². The van der Waals surface area contributed by atoms with Crippen LogP contribution in [0.15, 0.2) is 136 Å². The first-order chi connectivity index (χ1) is 25.3. The van der Waals surface area contributed by atoms with Crippen LogP contribution in [0.4, 0.5) is 0 Å². The van der Waals surface area contributed by atoms with Gasteiger partial charge in [0.15, 0.2) is 23.2 Å². The number of hydrogen-bond donors (Lipinski definition) is 0. The van der Waals surface area contributed by atoms with Crippen LogP contribution in [0.3, 0.4) is 0 Å². The number of nitrogens with zero attached hydrogens (tertiary/aromatic N) is 4. The molecule has 4 aromatic heterocycles. The molecule has 242 valence electrons. The number of fused-ring (bicyclic) bond motifs is 9. The Hall–Kier alpha value is -6.53. The first-order valence-electron chi connectivity index (χ1n) is 17.6. The molecule has 0 saturated carbocycles. The van der Waals surface area contributed by atoms with Crippen LogP contribution in [-0.4, -0.2) is 19.5 Å². The molecule has 2 aliphatic rings. The first kappa shape index (κ1) is 28.3. The molecule has 0 fully saturated rings. The highest BCUT2D eigenvalue weighted by Gasteiger charge is 2.27. The summed E-state index contributed by atoms with van der Waals surface area (Å²) in [7, 11) is 0. The molecule has 5 aromatic carbocycles. The molecule has 0 unspecified atom stereocenters. The van der Waals surface area contributed by atoms with E-state index in [4.69, 9.17) is 23.8 Å². The van der Waals surface area contributed by atoms with Gasteiger partial charge in [-0.05, 0) is 74.2 Å². The molecule has 11 rings (SSSR count). The zero-order valence-electron chi connectivity index (χ0n) is 27.6. The summed E-state index contributed by atoms with van der Waals surface area (Å²) in [4.78, 5) is 15.2. The molecule has 0 bridgehead atoms. The van der Waals surface area contributed by atoms with Gasteiger partial charge in [-0.25, -0.2) is 15.0 Å². The Balaban J connectivity index is 1.07. The Morgan fingerprint density at radius 3 is 2.02 bits per heavy atom. The van der Waals surface area contributed by atoms with E-state index < -0.39 is 0 Å². The van der Waals surface area contributed by atoms with Crippen LogP contribution < -0.4 is 0 Å². The van der Waals surface area contributed by atoms with Crippen LogP contribution in [-0.2, 0) is 12.8 Å². The minimum Gasteiger partial charge on any atom is -0.456 e. The zero-order valence-corrected chi connectivity index (χ0v) is 27.6. The smallest absolute Gasteiger partial charge is 0.164 e. The predicted octanol–water partition coefficient (Wildman–Crippen LogP) is 11.3. The van der Waals surface area contributed by atoms with Crippen molar-refractivity contribution in [3.05, 3.63) is 150 Å². The van der Waals surface area contributed by atoms with E-state index in [0.29, 0.717) is 17.5 Å². The van der Waals surface area contributed by atoms with Gasteiger partial charge < -0.3 is 13.4 Å². The second kappa shape index (κ2) is 11.0. The number of furan rings is 2. The monoisotopic (exact) mass is 658 g/mol. The average molecular weight is 659 g/mol. The van der Waals surface area contributed by atoms with E-state index in [0.717, 1.165) is 86.7 Å². The van der Waals surface area contributed by atoms with Crippen molar-refractivity contribution in [1.29, 1.82) is 0 Å². The van der Waals surface area contributed by atoms with E-state index in [1.165, 1.54) is 27.7 Å². The van der Waals surface area contributed by atoms with Crippen molar-refractivity contribution in [2.45, 2.75) is 25.7 Å². The maximum absolute atomic E-state index is 6.74. The van der Waals surface area contributed by atoms with Crippen LogP contribution >= 0.6 is 0 Å². The van der Waals surface area contributed by atoms with Crippen LogP contribution in [0, 0.1) is 0 Å². The molecule has 0 amide bonds. The van der Waals surface area contributed by atoms with Crippen molar-refractivity contribution in [3.8, 4) is 34.2 Å². The summed E-state index contributed by atoms with van der Waals surface area (Å²) in [6.45, 7) is 0. The van der Waals surface area contributed by atoms with Crippen molar-refractivity contribution in [2.24, 2.45) is 0 Å². The minimum atomic E-state index is 0.615. The fourth-order valence-corrected chi connectivity index (χ4v) is 8.04. The number of benzene rings is 5. The van der Waals surface area contributed by atoms with Crippen molar-refractivity contribution in [1.82, 2.24) is 19.5 Å². The van der Waals surface area contributed by atoms with Gasteiger partial charge in [0.1, 0.15) is 16.7 Å². The lowest BCUT2D eigenvalue weighted by Gasteiger charge is -2.19. The molecule has 51 heavy (non-hydrogen) atoms. The Labute approximate surface area is 293 Å². The summed E-state index contributed by atoms with van der Waals surface area (Å²) < 4.78 is 15.3. The molecule has 6 nitrogen and oxygen atoms in total. The molecule has 6 heteroatoms. The molecule has 0 spiro atoms. The fourth-order valence-electron chi connectivity index (χ4n) is 8.04. The van der Waals surface area contributed by atoms with Gasteiger partial charge in [0.2, 0.25) is 0 Å². The number of para-hydroxylation sites is 2. The lowest BCUT2D eigenvalue weighted by Crippen LogP contribution is -2.09. The molecular formula is C45H30N4O2. The molecule has 4 heterocycles. The lowest BCUT2D eigenvalue weighted by atomic mass is 9.97. The quantitative estimate of drug-likeness (QED) is 0.188. The van der Waals surface area contributed by atoms with Crippen LogP contribution in [0.25, 0.3) is 89.7 Å². The summed E-state index contributed by atoms with van der Waals surface area (Å²) in [5.41, 5.74) is 11.6. The topological polar surface area (TPSA) is 69.9 Å². The normalized spacial score (nSPS) is 14.0. The van der Waals surface area contributed by atoms with Crippen LogP contribution in [0.5, 0.6) is 0 Å². The number of aromatic nitrogens is 4. The van der Waals surface area contributed by atoms with Gasteiger partial charge in [-0.1, -0.05) is 85.0 Å². The summed E-state index contributed by atoms with van der Waals surface area (Å²) in [5.74, 6) is 2.82. The Morgan fingerprint density at radius 1 is 0.529 bits per heavy atom. The van der Waals surface area contributed by atoms with Gasteiger partial charge in [0.05, 0.1) is 11.2 Å². The highest BCUT2D eigenvalue weighted by Crippen LogP contribution is 2.42. The number of aryl methyl sites for hydroxylation is 1. The van der Waals surface area contributed by atoms with E-state index in [-0.39, 0.29) is 0 Å². The largest absolute Gasteiger partial charge is 0.456 e. The summed E-state index contributed by atoms with van der Waals surface area (Å²) in [6, 6.07) is 39.5. The molecular weight excluding hydrogens is 629 g/mol. The predicted molar refractivity (Wildman–Crippen MR) is 204 cm³/mol. The maximum atomic E-state index is 6.74. The SMILES string of the molecule is C1=Cc2c(n(C3=CCCc4c3oc3ccc(-c5nc(-c6ccccc6)nc(-c6ccc7oc8ccccc8c7c6)n5)cc43)c3ccccc23)CC1. The van der Waals surface area contributed by atoms with Crippen molar-refractivity contribution in [2.75, 3.05) is 0 Å². The van der Waals surface area contributed by atoms with E-state index in [1.807, 2.05) is 60.7 Å². The first-order valence-corrected chi connectivity index (χ1v) is 17.6. The second-order valence-electron chi connectivity index (χ2n) is 13.4. The summed E-state index contributed by atoms with van der Waals surface area (Å²) in [5, 5.41) is 4.50. The third kappa shape index (κ3) is 4.39. The van der Waals surface area contributed by atoms with Gasteiger partial charge in [0.25, 0.3) is 0 Å². The second-order valence-corrected chi connectivity index (χ2v) is 13.4. The van der Waals surface area contributed by atoms with Crippen LogP contribution in [0.2, 0.25) is 0 Å². The Morgan fingerprint density at radius 2 is 1.20 bits per heavy atom. The number of allylic oxidation sites excluding steroid dienone is 2. The van der Waals surface area contributed by atoms with Gasteiger partial charge in [0, 0.05) is 55.1 Å². The molecule has 9 aromatic rings. The summed E-state index contributed by atoms with van der Waals surface area (Å²) >= 11 is 0. The van der Waals surface area contributed by atoms with E-state index >= 15 is 0 Å². The molecule has 0 radical (unpaired) electrons. The highest BCUT2D eigenvalue weighted by molar-refractivity contribution is 6.06. The van der Waals surface area contributed by atoms with Gasteiger partial charge in [-0.3, -0.25) is 0 Å². The van der Waals surface area contributed by atoms with Gasteiger partial charge >= 0.3 is 0 Å². The van der Waals surface area contributed by atoms with Gasteiger partial charge in [-0.2, -0.15) is 0 Å². The Bertz CT molecular complexity index is 2920. The number of rotatable bonds is 4. The minimum absolute atomic E-state index is 0.615. The van der Waals surface area contributed by atoms with Crippen LogP contribution in [0.1, 0.15) is 35.4 Å². The summed E-state index contributed by atoms with van der Waals surface area (Å²) in [6.07, 6.45) is 10.8. The third-order valence-corrected chi connectivity index (χ3v) is 10.4. The van der Waals surface area contributed by atoms with Gasteiger partial charge in [-0.15, -0.1) is 0 Å². The average Bonchev–Trinajstić information content (AvgIpc) is 3.87. The molecule has 0 N–H and O–H groups in total. The zero-order chi connectivity index (χ0) is 33.5. The lowest BCUT2D eigenvalue weighted by molar-refractivity contribution is 0.583. The molecule has 0 saturated heterocycles. The Kier molecular flexibility index (Phi) is 6.10. The maximum Gasteiger partial charge on any atom is 0.164 e. The molecule has 0 atom stereocenters. The van der Waals surface area contributed by atoms with Crippen molar-refractivity contribution < 1.29 is 8.83 Å². The number of hydrogen-bond acceptors (Lipinski definition) is 5. The molecule has 0 aliphatic heterocycles. The standard InChI is InChI=1S/C45H30N4O2/c1-2-11-27(12-3-1)43-46-44(28-21-23-40-34(25-28)32-15-6-9-20-39(32)50-40)48-45(47-43)29-22-24-41-35(26-29)33-16-10-19-38(42(33)51-41)49-36-17-7-4-13-30(36)31-14-5-8-18-37(31)49/h1-7,9,11-15,17,19-26H,8,10,16,18H2. The van der Waals surface area contributed by atoms with E-state index in [1.54, 1.807) is 0 Å². The van der Waals surface area contributed by atoms with E-state index in [9.17, 15) is 0 Å². The fraction of sp³-hybridized carbons (Fsp3) is 0.0889.